The van der Waals surface area contributed by atoms with Crippen LogP contribution >= 0.6 is 15.2 Å². The zero-order chi connectivity index (χ0) is 12.6. The summed E-state index contributed by atoms with van der Waals surface area (Å²) in [6.45, 7) is 0.115. The molecule has 10 heteroatoms. The van der Waals surface area contributed by atoms with E-state index in [1.54, 1.807) is 0 Å². The van der Waals surface area contributed by atoms with Crippen molar-refractivity contribution >= 4 is 15.2 Å². The fourth-order valence-corrected chi connectivity index (χ4v) is 4.62. The summed E-state index contributed by atoms with van der Waals surface area (Å²) in [5.74, 6) is 0. The highest BCUT2D eigenvalue weighted by Crippen LogP contribution is 2.61. The maximum Gasteiger partial charge on any atom is 0.354 e. The van der Waals surface area contributed by atoms with Gasteiger partial charge in [-0.2, -0.15) is 0 Å². The Kier molecular flexibility index (Phi) is 4.32. The Morgan fingerprint density at radius 2 is 1.38 bits per heavy atom. The van der Waals surface area contributed by atoms with Gasteiger partial charge in [-0.05, 0) is 12.8 Å². The fraction of sp³-hybridized carbons (Fsp3) is 1.00. The third kappa shape index (κ3) is 3.61. The van der Waals surface area contributed by atoms with Crippen LogP contribution in [0.1, 0.15) is 12.8 Å². The Labute approximate surface area is 92.2 Å². The Hall–Kier alpha value is 0.220. The Bertz CT molecular complexity index is 306. The molecule has 0 amide bonds. The van der Waals surface area contributed by atoms with Crippen molar-refractivity contribution < 1.29 is 33.8 Å². The molecule has 0 saturated carbocycles. The summed E-state index contributed by atoms with van der Waals surface area (Å²) in [6, 6.07) is 0. The molecule has 96 valence electrons. The summed E-state index contributed by atoms with van der Waals surface area (Å²) in [7, 11) is -9.81. The topological polar surface area (TPSA) is 139 Å². The van der Waals surface area contributed by atoms with Crippen molar-refractivity contribution in [1.82, 2.24) is 4.90 Å². The SMILES string of the molecule is O=P(O)(O)C(N1CCC(O)CC1)P(=O)(O)O. The number of likely N-dealkylation sites (tertiary alicyclic amines) is 1. The zero-order valence-corrected chi connectivity index (χ0v) is 10.2. The van der Waals surface area contributed by atoms with E-state index in [-0.39, 0.29) is 25.9 Å². The van der Waals surface area contributed by atoms with Gasteiger partial charge in [0.05, 0.1) is 6.10 Å². The van der Waals surface area contributed by atoms with Crippen molar-refractivity contribution in [2.75, 3.05) is 13.1 Å². The number of piperidine rings is 1. The van der Waals surface area contributed by atoms with Crippen molar-refractivity contribution in [2.45, 2.75) is 24.5 Å². The van der Waals surface area contributed by atoms with E-state index in [0.717, 1.165) is 4.90 Å². The van der Waals surface area contributed by atoms with E-state index in [0.29, 0.717) is 0 Å². The summed E-state index contributed by atoms with van der Waals surface area (Å²) in [5.41, 5.74) is -2.09. The van der Waals surface area contributed by atoms with Crippen molar-refractivity contribution in [3.05, 3.63) is 0 Å². The van der Waals surface area contributed by atoms with E-state index in [2.05, 4.69) is 0 Å². The molecular weight excluding hydrogens is 260 g/mol. The van der Waals surface area contributed by atoms with Gasteiger partial charge in [0.1, 0.15) is 0 Å². The van der Waals surface area contributed by atoms with Crippen LogP contribution in [0, 0.1) is 0 Å². The fourth-order valence-electron chi connectivity index (χ4n) is 1.74. The zero-order valence-electron chi connectivity index (χ0n) is 8.38. The standard InChI is InChI=1S/C6H15NO7P2/c8-5-1-3-7(4-2-5)6(15(9,10)11)16(12,13)14/h5-6,8H,1-4H2,(H2,9,10,11)(H2,12,13,14). The number of hydrogen-bond acceptors (Lipinski definition) is 4. The molecule has 1 heterocycles. The molecule has 8 nitrogen and oxygen atoms in total. The molecule has 16 heavy (non-hydrogen) atoms. The minimum Gasteiger partial charge on any atom is -0.393 e. The second kappa shape index (κ2) is 4.84. The quantitative estimate of drug-likeness (QED) is 0.417. The van der Waals surface area contributed by atoms with Gasteiger partial charge in [0.2, 0.25) is 5.52 Å². The van der Waals surface area contributed by atoms with Gasteiger partial charge >= 0.3 is 15.2 Å². The lowest BCUT2D eigenvalue weighted by Gasteiger charge is -2.35. The summed E-state index contributed by atoms with van der Waals surface area (Å²) < 4.78 is 22.1. The molecule has 0 aromatic carbocycles. The predicted molar refractivity (Wildman–Crippen MR) is 54.7 cm³/mol. The first-order chi connectivity index (χ1) is 7.12. The third-order valence-corrected chi connectivity index (χ3v) is 6.09. The van der Waals surface area contributed by atoms with Gasteiger partial charge in [0, 0.05) is 13.1 Å². The highest BCUT2D eigenvalue weighted by Gasteiger charge is 2.48. The van der Waals surface area contributed by atoms with Crippen LogP contribution in [-0.4, -0.2) is 54.3 Å². The second-order valence-corrected chi connectivity index (χ2v) is 7.53. The van der Waals surface area contributed by atoms with Gasteiger partial charge in [-0.3, -0.25) is 14.0 Å². The molecule has 5 N–H and O–H groups in total. The molecule has 0 aliphatic carbocycles. The Morgan fingerprint density at radius 3 is 1.69 bits per heavy atom. The maximum atomic E-state index is 11.1. The molecule has 0 aromatic rings. The van der Waals surface area contributed by atoms with Crippen LogP contribution in [0.4, 0.5) is 0 Å². The van der Waals surface area contributed by atoms with Crippen LogP contribution < -0.4 is 0 Å². The number of rotatable bonds is 3. The number of nitrogens with zero attached hydrogens (tertiary/aromatic N) is 1. The molecule has 0 aromatic heterocycles. The summed E-state index contributed by atoms with van der Waals surface area (Å²) in [5, 5.41) is 9.20. The third-order valence-electron chi connectivity index (χ3n) is 2.43. The van der Waals surface area contributed by atoms with E-state index in [9.17, 15) is 14.2 Å². The van der Waals surface area contributed by atoms with Crippen LogP contribution in [0.3, 0.4) is 0 Å². The molecule has 0 bridgehead atoms. The van der Waals surface area contributed by atoms with Gasteiger partial charge in [-0.25, -0.2) is 0 Å². The van der Waals surface area contributed by atoms with E-state index in [4.69, 9.17) is 19.6 Å². The average molecular weight is 275 g/mol. The lowest BCUT2D eigenvalue weighted by molar-refractivity contribution is 0.0783. The summed E-state index contributed by atoms with van der Waals surface area (Å²) in [6.07, 6.45) is -0.0852. The lowest BCUT2D eigenvalue weighted by Crippen LogP contribution is -2.42. The molecule has 1 fully saturated rings. The molecule has 1 rings (SSSR count). The van der Waals surface area contributed by atoms with Crippen LogP contribution in [0.2, 0.25) is 0 Å². The smallest absolute Gasteiger partial charge is 0.354 e. The Balaban J connectivity index is 2.87. The molecule has 1 aliphatic rings. The molecule has 1 saturated heterocycles. The number of aliphatic hydroxyl groups is 1. The van der Waals surface area contributed by atoms with Gasteiger partial charge in [-0.1, -0.05) is 0 Å². The van der Waals surface area contributed by atoms with Crippen molar-refractivity contribution in [2.24, 2.45) is 0 Å². The first-order valence-electron chi connectivity index (χ1n) is 4.65. The average Bonchev–Trinajstić information content (AvgIpc) is 2.03. The second-order valence-electron chi connectivity index (χ2n) is 3.79. The number of hydrogen-bond donors (Lipinski definition) is 5. The first kappa shape index (κ1) is 14.3. The largest absolute Gasteiger partial charge is 0.393 e. The maximum absolute atomic E-state index is 11.1. The van der Waals surface area contributed by atoms with Crippen molar-refractivity contribution in [3.8, 4) is 0 Å². The minimum atomic E-state index is -4.90. The summed E-state index contributed by atoms with van der Waals surface area (Å²) >= 11 is 0. The van der Waals surface area contributed by atoms with Gasteiger partial charge < -0.3 is 24.7 Å². The first-order valence-corrected chi connectivity index (χ1v) is 8.01. The summed E-state index contributed by atoms with van der Waals surface area (Å²) in [4.78, 5) is 36.8. The lowest BCUT2D eigenvalue weighted by atomic mass is 10.1. The highest BCUT2D eigenvalue weighted by molar-refractivity contribution is 7.70. The van der Waals surface area contributed by atoms with E-state index >= 15 is 0 Å². The number of aliphatic hydroxyl groups excluding tert-OH is 1. The van der Waals surface area contributed by atoms with Crippen LogP contribution in [-0.2, 0) is 9.13 Å². The van der Waals surface area contributed by atoms with Crippen LogP contribution in [0.5, 0.6) is 0 Å². The molecular formula is C6H15NO7P2. The Morgan fingerprint density at radius 1 is 1.00 bits per heavy atom. The van der Waals surface area contributed by atoms with Crippen molar-refractivity contribution in [1.29, 1.82) is 0 Å². The molecule has 0 radical (unpaired) electrons. The van der Waals surface area contributed by atoms with E-state index < -0.39 is 26.8 Å². The predicted octanol–water partition coefficient (Wildman–Crippen LogP) is -0.918. The molecule has 0 unspecified atom stereocenters. The van der Waals surface area contributed by atoms with Gasteiger partial charge in [0.15, 0.2) is 0 Å². The minimum absolute atomic E-state index is 0.0576. The van der Waals surface area contributed by atoms with E-state index in [1.807, 2.05) is 0 Å². The molecule has 0 atom stereocenters. The normalized spacial score (nSPS) is 21.6. The van der Waals surface area contributed by atoms with Crippen LogP contribution in [0.15, 0.2) is 0 Å². The highest BCUT2D eigenvalue weighted by atomic mass is 31.2. The van der Waals surface area contributed by atoms with E-state index in [1.165, 1.54) is 0 Å². The van der Waals surface area contributed by atoms with Gasteiger partial charge in [-0.15, -0.1) is 0 Å². The molecule has 1 aliphatic heterocycles. The molecule has 0 spiro atoms. The van der Waals surface area contributed by atoms with Crippen molar-refractivity contribution in [3.63, 3.8) is 0 Å². The monoisotopic (exact) mass is 275 g/mol. The van der Waals surface area contributed by atoms with Crippen LogP contribution in [0.25, 0.3) is 0 Å². The van der Waals surface area contributed by atoms with Gasteiger partial charge in [0.25, 0.3) is 0 Å².